The summed E-state index contributed by atoms with van der Waals surface area (Å²) in [6.07, 6.45) is 2.61. The minimum Gasteiger partial charge on any atom is -0.368 e. The predicted molar refractivity (Wildman–Crippen MR) is 44.2 cm³/mol. The number of aliphatic hydroxyl groups is 1. The molecule has 0 aromatic rings. The van der Waals surface area contributed by atoms with E-state index in [-0.39, 0.29) is 5.60 Å². The van der Waals surface area contributed by atoms with Crippen LogP contribution in [0.3, 0.4) is 0 Å². The van der Waals surface area contributed by atoms with Crippen LogP contribution in [0, 0.1) is 5.92 Å². The zero-order valence-electron chi connectivity index (χ0n) is 7.63. The Balaban J connectivity index is 2.51. The molecule has 2 unspecified atom stereocenters. The van der Waals surface area contributed by atoms with Crippen molar-refractivity contribution in [3.63, 3.8) is 0 Å². The van der Waals surface area contributed by atoms with Gasteiger partial charge in [-0.1, -0.05) is 13.3 Å². The third-order valence-corrected chi connectivity index (χ3v) is 2.55. The monoisotopic (exact) mass is 158 g/mol. The summed E-state index contributed by atoms with van der Waals surface area (Å²) >= 11 is 0. The van der Waals surface area contributed by atoms with Crippen LogP contribution in [0.4, 0.5) is 0 Å². The van der Waals surface area contributed by atoms with E-state index in [2.05, 4.69) is 20.8 Å². The number of hydrogen-bond acceptors (Lipinski definition) is 2. The van der Waals surface area contributed by atoms with Gasteiger partial charge in [-0.05, 0) is 26.2 Å². The van der Waals surface area contributed by atoms with E-state index in [0.717, 1.165) is 12.8 Å². The van der Waals surface area contributed by atoms with Gasteiger partial charge in [-0.3, -0.25) is 0 Å². The molecule has 1 fully saturated rings. The maximum Gasteiger partial charge on any atom is 0.155 e. The molecule has 1 rings (SSSR count). The van der Waals surface area contributed by atoms with Crippen LogP contribution in [-0.2, 0) is 4.74 Å². The molecule has 2 heteroatoms. The Labute approximate surface area is 68.6 Å². The SMILES string of the molecule is CCCC1CC(O)OC1(C)C. The molecule has 0 radical (unpaired) electrons. The topological polar surface area (TPSA) is 29.5 Å². The molecule has 0 amide bonds. The van der Waals surface area contributed by atoms with Crippen LogP contribution in [0.5, 0.6) is 0 Å². The summed E-state index contributed by atoms with van der Waals surface area (Å²) in [6.45, 7) is 6.29. The van der Waals surface area contributed by atoms with Crippen molar-refractivity contribution in [1.29, 1.82) is 0 Å². The Bertz CT molecular complexity index is 132. The lowest BCUT2D eigenvalue weighted by atomic mass is 9.87. The molecule has 2 atom stereocenters. The van der Waals surface area contributed by atoms with Crippen molar-refractivity contribution in [2.45, 2.75) is 51.9 Å². The van der Waals surface area contributed by atoms with E-state index >= 15 is 0 Å². The zero-order chi connectivity index (χ0) is 8.48. The molecule has 0 aromatic heterocycles. The van der Waals surface area contributed by atoms with Crippen molar-refractivity contribution in [3.8, 4) is 0 Å². The summed E-state index contributed by atoms with van der Waals surface area (Å²) in [5.41, 5.74) is -0.116. The lowest BCUT2D eigenvalue weighted by molar-refractivity contribution is -0.128. The van der Waals surface area contributed by atoms with Gasteiger partial charge in [0.1, 0.15) is 0 Å². The highest BCUT2D eigenvalue weighted by molar-refractivity contribution is 4.85. The molecule has 1 aliphatic heterocycles. The van der Waals surface area contributed by atoms with E-state index in [1.807, 2.05) is 0 Å². The lowest BCUT2D eigenvalue weighted by Crippen LogP contribution is -2.27. The highest BCUT2D eigenvalue weighted by atomic mass is 16.6. The summed E-state index contributed by atoms with van der Waals surface area (Å²) in [7, 11) is 0. The molecule has 2 nitrogen and oxygen atoms in total. The van der Waals surface area contributed by atoms with Crippen molar-refractivity contribution in [2.75, 3.05) is 0 Å². The average Bonchev–Trinajstić information content (AvgIpc) is 2.07. The second-order valence-corrected chi connectivity index (χ2v) is 3.90. The van der Waals surface area contributed by atoms with Crippen molar-refractivity contribution in [3.05, 3.63) is 0 Å². The van der Waals surface area contributed by atoms with E-state index in [9.17, 15) is 5.11 Å². The van der Waals surface area contributed by atoms with Crippen LogP contribution in [0.2, 0.25) is 0 Å². The van der Waals surface area contributed by atoms with Crippen LogP contribution < -0.4 is 0 Å². The molecule has 0 saturated carbocycles. The highest BCUT2D eigenvalue weighted by Crippen LogP contribution is 2.37. The van der Waals surface area contributed by atoms with Crippen molar-refractivity contribution < 1.29 is 9.84 Å². The first-order chi connectivity index (χ1) is 5.06. The fraction of sp³-hybridized carbons (Fsp3) is 1.00. The minimum absolute atomic E-state index is 0.116. The zero-order valence-corrected chi connectivity index (χ0v) is 7.63. The highest BCUT2D eigenvalue weighted by Gasteiger charge is 2.39. The van der Waals surface area contributed by atoms with E-state index < -0.39 is 6.29 Å². The average molecular weight is 158 g/mol. The number of rotatable bonds is 2. The van der Waals surface area contributed by atoms with Crippen LogP contribution >= 0.6 is 0 Å². The lowest BCUT2D eigenvalue weighted by Gasteiger charge is -2.24. The summed E-state index contributed by atoms with van der Waals surface area (Å²) in [5.74, 6) is 0.530. The minimum atomic E-state index is -0.526. The summed E-state index contributed by atoms with van der Waals surface area (Å²) in [5, 5.41) is 9.24. The van der Waals surface area contributed by atoms with Crippen molar-refractivity contribution in [1.82, 2.24) is 0 Å². The Morgan fingerprint density at radius 2 is 2.18 bits per heavy atom. The molecule has 1 N–H and O–H groups in total. The van der Waals surface area contributed by atoms with Gasteiger partial charge in [-0.2, -0.15) is 0 Å². The van der Waals surface area contributed by atoms with E-state index in [1.54, 1.807) is 0 Å². The fourth-order valence-corrected chi connectivity index (χ4v) is 1.84. The fourth-order valence-electron chi connectivity index (χ4n) is 1.84. The van der Waals surface area contributed by atoms with Crippen LogP contribution in [0.1, 0.15) is 40.0 Å². The second kappa shape index (κ2) is 3.11. The summed E-state index contributed by atoms with van der Waals surface area (Å²) in [6, 6.07) is 0. The van der Waals surface area contributed by atoms with Gasteiger partial charge < -0.3 is 9.84 Å². The maximum atomic E-state index is 9.24. The second-order valence-electron chi connectivity index (χ2n) is 3.90. The Hall–Kier alpha value is -0.0800. The van der Waals surface area contributed by atoms with Crippen LogP contribution in [0.25, 0.3) is 0 Å². The quantitative estimate of drug-likeness (QED) is 0.665. The largest absolute Gasteiger partial charge is 0.368 e. The van der Waals surface area contributed by atoms with Gasteiger partial charge in [0, 0.05) is 6.42 Å². The van der Waals surface area contributed by atoms with Crippen molar-refractivity contribution >= 4 is 0 Å². The molecular formula is C9H18O2. The summed E-state index contributed by atoms with van der Waals surface area (Å²) < 4.78 is 5.37. The van der Waals surface area contributed by atoms with Crippen LogP contribution in [-0.4, -0.2) is 17.0 Å². The normalized spacial score (nSPS) is 36.0. The Morgan fingerprint density at radius 1 is 1.55 bits per heavy atom. The molecule has 0 spiro atoms. The first-order valence-electron chi connectivity index (χ1n) is 4.42. The predicted octanol–water partition coefficient (Wildman–Crippen LogP) is 1.92. The van der Waals surface area contributed by atoms with E-state index in [4.69, 9.17) is 4.74 Å². The Morgan fingerprint density at radius 3 is 2.55 bits per heavy atom. The Kier molecular flexibility index (Phi) is 2.55. The number of aliphatic hydroxyl groups excluding tert-OH is 1. The maximum absolute atomic E-state index is 9.24. The van der Waals surface area contributed by atoms with Gasteiger partial charge in [-0.25, -0.2) is 0 Å². The molecule has 0 bridgehead atoms. The molecule has 0 aromatic carbocycles. The third kappa shape index (κ3) is 1.94. The number of hydrogen-bond donors (Lipinski definition) is 1. The van der Waals surface area contributed by atoms with Gasteiger partial charge in [0.2, 0.25) is 0 Å². The van der Waals surface area contributed by atoms with Gasteiger partial charge in [0.15, 0.2) is 6.29 Å². The molecule has 0 aliphatic carbocycles. The third-order valence-electron chi connectivity index (χ3n) is 2.55. The van der Waals surface area contributed by atoms with Crippen molar-refractivity contribution in [2.24, 2.45) is 5.92 Å². The molecule has 1 saturated heterocycles. The molecular weight excluding hydrogens is 140 g/mol. The van der Waals surface area contributed by atoms with Gasteiger partial charge in [0.05, 0.1) is 5.60 Å². The van der Waals surface area contributed by atoms with Gasteiger partial charge >= 0.3 is 0 Å². The first kappa shape index (κ1) is 9.01. The smallest absolute Gasteiger partial charge is 0.155 e. The number of ether oxygens (including phenoxy) is 1. The molecule has 1 aliphatic rings. The van der Waals surface area contributed by atoms with E-state index in [1.165, 1.54) is 6.42 Å². The summed E-state index contributed by atoms with van der Waals surface area (Å²) in [4.78, 5) is 0. The van der Waals surface area contributed by atoms with Crippen LogP contribution in [0.15, 0.2) is 0 Å². The first-order valence-corrected chi connectivity index (χ1v) is 4.42. The standard InChI is InChI=1S/C9H18O2/c1-4-5-7-6-8(10)11-9(7,2)3/h7-8,10H,4-6H2,1-3H3. The molecule has 1 heterocycles. The van der Waals surface area contributed by atoms with Gasteiger partial charge in [-0.15, -0.1) is 0 Å². The van der Waals surface area contributed by atoms with Gasteiger partial charge in [0.25, 0.3) is 0 Å². The molecule has 66 valence electrons. The molecule has 11 heavy (non-hydrogen) atoms. The van der Waals surface area contributed by atoms with E-state index in [0.29, 0.717) is 5.92 Å².